The van der Waals surface area contributed by atoms with Crippen LogP contribution in [0.2, 0.25) is 0 Å². The van der Waals surface area contributed by atoms with Gasteiger partial charge in [-0.25, -0.2) is 0 Å². The first kappa shape index (κ1) is 23.9. The fraction of sp³-hybridized carbons (Fsp3) is 0.955. The van der Waals surface area contributed by atoms with E-state index in [1.165, 1.54) is 83.5 Å². The van der Waals surface area contributed by atoms with E-state index in [9.17, 15) is 0 Å². The minimum absolute atomic E-state index is 0.610. The molecule has 0 saturated heterocycles. The van der Waals surface area contributed by atoms with Crippen LogP contribution in [0.3, 0.4) is 0 Å². The maximum absolute atomic E-state index is 5.65. The van der Waals surface area contributed by atoms with Crippen molar-refractivity contribution in [2.24, 2.45) is 0 Å². The molecule has 0 aromatic heterocycles. The number of hydrogen-bond acceptors (Lipinski definition) is 2. The molecule has 0 aromatic rings. The fourth-order valence-electron chi connectivity index (χ4n) is 3.30. The van der Waals surface area contributed by atoms with Gasteiger partial charge in [-0.05, 0) is 20.3 Å². The highest BCUT2D eigenvalue weighted by Gasteiger charge is 2.23. The molecule has 2 nitrogen and oxygen atoms in total. The van der Waals surface area contributed by atoms with E-state index in [4.69, 9.17) is 9.47 Å². The van der Waals surface area contributed by atoms with Crippen molar-refractivity contribution in [3.63, 3.8) is 0 Å². The van der Waals surface area contributed by atoms with Gasteiger partial charge in [-0.15, -0.1) is 0 Å². The Bertz CT molecular complexity index is 234. The first-order valence-electron chi connectivity index (χ1n) is 10.8. The van der Waals surface area contributed by atoms with Crippen molar-refractivity contribution in [3.8, 4) is 0 Å². The summed E-state index contributed by atoms with van der Waals surface area (Å²) in [6.07, 6.45) is 20.3. The molecule has 0 aliphatic carbocycles. The number of ether oxygens (including phenoxy) is 2. The van der Waals surface area contributed by atoms with Crippen LogP contribution in [0.5, 0.6) is 0 Å². The standard InChI is InChI=1S/C22H45O2/c1-5-8-9-10-11-12-13-14-15-16-17-18-19-20-21-22(4,23-6-2)24-7-3/h4-21H2,1-3H3. The van der Waals surface area contributed by atoms with E-state index in [-0.39, 0.29) is 0 Å². The summed E-state index contributed by atoms with van der Waals surface area (Å²) in [5, 5.41) is 0. The quantitative estimate of drug-likeness (QED) is 0.179. The zero-order valence-corrected chi connectivity index (χ0v) is 17.0. The van der Waals surface area contributed by atoms with Crippen molar-refractivity contribution in [2.75, 3.05) is 13.2 Å². The van der Waals surface area contributed by atoms with Crippen LogP contribution in [0.1, 0.15) is 117 Å². The highest BCUT2D eigenvalue weighted by Crippen LogP contribution is 2.21. The zero-order valence-electron chi connectivity index (χ0n) is 17.0. The van der Waals surface area contributed by atoms with Gasteiger partial charge in [0.25, 0.3) is 0 Å². The Labute approximate surface area is 153 Å². The molecule has 0 rings (SSSR count). The first-order chi connectivity index (χ1) is 11.7. The van der Waals surface area contributed by atoms with Gasteiger partial charge in [0.1, 0.15) is 0 Å². The van der Waals surface area contributed by atoms with Crippen LogP contribution >= 0.6 is 0 Å². The van der Waals surface area contributed by atoms with Gasteiger partial charge in [-0.3, -0.25) is 0 Å². The van der Waals surface area contributed by atoms with Crippen molar-refractivity contribution in [1.29, 1.82) is 0 Å². The Morgan fingerprint density at radius 1 is 0.542 bits per heavy atom. The summed E-state index contributed by atoms with van der Waals surface area (Å²) in [5.41, 5.74) is 0. The Morgan fingerprint density at radius 3 is 1.21 bits per heavy atom. The summed E-state index contributed by atoms with van der Waals surface area (Å²) >= 11 is 0. The maximum atomic E-state index is 5.65. The molecule has 2 heteroatoms. The molecule has 0 fully saturated rings. The monoisotopic (exact) mass is 341 g/mol. The summed E-state index contributed by atoms with van der Waals surface area (Å²) in [5.74, 6) is -0.610. The van der Waals surface area contributed by atoms with Crippen LogP contribution in [-0.4, -0.2) is 19.0 Å². The smallest absolute Gasteiger partial charge is 0.168 e. The second-order valence-electron chi connectivity index (χ2n) is 7.12. The Balaban J connectivity index is 3.30. The molecule has 0 heterocycles. The van der Waals surface area contributed by atoms with Gasteiger partial charge in [0, 0.05) is 26.6 Å². The average molecular weight is 342 g/mol. The molecule has 1 radical (unpaired) electrons. The summed E-state index contributed by atoms with van der Waals surface area (Å²) in [7, 11) is 0. The lowest BCUT2D eigenvalue weighted by Gasteiger charge is -2.29. The van der Waals surface area contributed by atoms with E-state index in [0.29, 0.717) is 13.2 Å². The molecule has 0 N–H and O–H groups in total. The summed E-state index contributed by atoms with van der Waals surface area (Å²) < 4.78 is 11.3. The third-order valence-electron chi connectivity index (χ3n) is 4.73. The molecular formula is C22H45O2. The van der Waals surface area contributed by atoms with Gasteiger partial charge < -0.3 is 9.47 Å². The largest absolute Gasteiger partial charge is 0.350 e. The molecule has 0 spiro atoms. The summed E-state index contributed by atoms with van der Waals surface area (Å²) in [4.78, 5) is 0. The highest BCUT2D eigenvalue weighted by atomic mass is 16.7. The third kappa shape index (κ3) is 15.4. The molecule has 145 valence electrons. The van der Waals surface area contributed by atoms with Crippen molar-refractivity contribution in [1.82, 2.24) is 0 Å². The van der Waals surface area contributed by atoms with Gasteiger partial charge in [0.2, 0.25) is 0 Å². The molecule has 0 aliphatic rings. The molecule has 24 heavy (non-hydrogen) atoms. The highest BCUT2D eigenvalue weighted by molar-refractivity contribution is 4.72. The van der Waals surface area contributed by atoms with E-state index in [1.54, 1.807) is 0 Å². The van der Waals surface area contributed by atoms with E-state index in [1.807, 2.05) is 13.8 Å². The van der Waals surface area contributed by atoms with Crippen molar-refractivity contribution in [3.05, 3.63) is 6.92 Å². The Kier molecular flexibility index (Phi) is 17.7. The molecule has 0 unspecified atom stereocenters. The van der Waals surface area contributed by atoms with Crippen molar-refractivity contribution >= 4 is 0 Å². The number of rotatable bonds is 19. The number of unbranched alkanes of at least 4 members (excludes halogenated alkanes) is 13. The minimum atomic E-state index is -0.610. The van der Waals surface area contributed by atoms with Gasteiger partial charge in [0.05, 0.1) is 0 Å². The average Bonchev–Trinajstić information content (AvgIpc) is 2.55. The van der Waals surface area contributed by atoms with Gasteiger partial charge >= 0.3 is 0 Å². The fourth-order valence-corrected chi connectivity index (χ4v) is 3.30. The molecule has 0 aromatic carbocycles. The lowest BCUT2D eigenvalue weighted by atomic mass is 10.0. The van der Waals surface area contributed by atoms with Crippen LogP contribution in [0, 0.1) is 6.92 Å². The van der Waals surface area contributed by atoms with Crippen LogP contribution in [0.25, 0.3) is 0 Å². The third-order valence-corrected chi connectivity index (χ3v) is 4.73. The second kappa shape index (κ2) is 17.7. The molecule has 0 aliphatic heterocycles. The van der Waals surface area contributed by atoms with Crippen LogP contribution in [0.4, 0.5) is 0 Å². The van der Waals surface area contributed by atoms with Crippen LogP contribution in [-0.2, 0) is 9.47 Å². The van der Waals surface area contributed by atoms with Gasteiger partial charge in [0.15, 0.2) is 5.79 Å². The summed E-state index contributed by atoms with van der Waals surface area (Å²) in [6, 6.07) is 0. The Hall–Kier alpha value is -0.0800. The van der Waals surface area contributed by atoms with Crippen molar-refractivity contribution < 1.29 is 9.47 Å². The molecular weight excluding hydrogens is 296 g/mol. The maximum Gasteiger partial charge on any atom is 0.168 e. The Morgan fingerprint density at radius 2 is 0.875 bits per heavy atom. The van der Waals surface area contributed by atoms with Gasteiger partial charge in [-0.2, -0.15) is 0 Å². The number of hydrogen-bond donors (Lipinski definition) is 0. The second-order valence-corrected chi connectivity index (χ2v) is 7.12. The van der Waals surface area contributed by atoms with Crippen LogP contribution in [0.15, 0.2) is 0 Å². The predicted octanol–water partition coefficient (Wildman–Crippen LogP) is 7.46. The topological polar surface area (TPSA) is 18.5 Å². The van der Waals surface area contributed by atoms with E-state index < -0.39 is 5.79 Å². The molecule has 0 amide bonds. The van der Waals surface area contributed by atoms with E-state index in [2.05, 4.69) is 13.8 Å². The van der Waals surface area contributed by atoms with Crippen molar-refractivity contribution in [2.45, 2.75) is 123 Å². The minimum Gasteiger partial charge on any atom is -0.350 e. The summed E-state index contributed by atoms with van der Waals surface area (Å²) in [6.45, 7) is 11.7. The van der Waals surface area contributed by atoms with Crippen LogP contribution < -0.4 is 0 Å². The lowest BCUT2D eigenvalue weighted by molar-refractivity contribution is -0.206. The van der Waals surface area contributed by atoms with E-state index >= 15 is 0 Å². The van der Waals surface area contributed by atoms with E-state index in [0.717, 1.165) is 12.8 Å². The molecule has 0 atom stereocenters. The predicted molar refractivity (Wildman–Crippen MR) is 106 cm³/mol. The normalized spacial score (nSPS) is 12.0. The molecule has 0 bridgehead atoms. The SMILES string of the molecule is [CH2]C(CCCCCCCCCCCCCCCC)(OCC)OCC. The molecule has 0 saturated carbocycles. The lowest BCUT2D eigenvalue weighted by Crippen LogP contribution is -2.32. The van der Waals surface area contributed by atoms with Gasteiger partial charge in [-0.1, -0.05) is 90.4 Å². The first-order valence-corrected chi connectivity index (χ1v) is 10.8. The zero-order chi connectivity index (χ0) is 17.9.